The van der Waals surface area contributed by atoms with Crippen molar-refractivity contribution in [1.29, 1.82) is 0 Å². The highest BCUT2D eigenvalue weighted by molar-refractivity contribution is 6.30. The minimum Gasteiger partial charge on any atom is -0.323 e. The first-order chi connectivity index (χ1) is 9.78. The molecule has 1 heterocycles. The Balaban J connectivity index is 2.06. The highest BCUT2D eigenvalue weighted by Crippen LogP contribution is 2.20. The van der Waals surface area contributed by atoms with E-state index < -0.39 is 0 Å². The Hall–Kier alpha value is -1.51. The number of nitrogens with zero attached hydrogens (tertiary/aromatic N) is 2. The van der Waals surface area contributed by atoms with Gasteiger partial charge in [-0.15, -0.1) is 11.6 Å². The van der Waals surface area contributed by atoms with Gasteiger partial charge < -0.3 is 4.57 Å². The highest BCUT2D eigenvalue weighted by atomic mass is 35.5. The lowest BCUT2D eigenvalue weighted by Gasteiger charge is -2.09. The van der Waals surface area contributed by atoms with Crippen LogP contribution in [0.4, 0.5) is 0 Å². The van der Waals surface area contributed by atoms with E-state index in [1.165, 1.54) is 0 Å². The third kappa shape index (κ3) is 2.67. The van der Waals surface area contributed by atoms with Gasteiger partial charge in [0.25, 0.3) is 0 Å². The van der Waals surface area contributed by atoms with Gasteiger partial charge in [-0.2, -0.15) is 0 Å². The predicted molar refractivity (Wildman–Crippen MR) is 84.7 cm³/mol. The summed E-state index contributed by atoms with van der Waals surface area (Å²) >= 11 is 11.9. The standard InChI is InChI=1S/C16H14Cl2N2/c17-9-8-16-19-14-6-1-2-7-15(14)20(16)11-12-4-3-5-13(18)10-12/h1-7,10H,8-9,11H2. The van der Waals surface area contributed by atoms with E-state index in [1.54, 1.807) is 0 Å². The van der Waals surface area contributed by atoms with Crippen molar-refractivity contribution >= 4 is 34.2 Å². The molecule has 0 aliphatic carbocycles. The monoisotopic (exact) mass is 304 g/mol. The fourth-order valence-electron chi connectivity index (χ4n) is 2.40. The van der Waals surface area contributed by atoms with Gasteiger partial charge in [-0.05, 0) is 29.8 Å². The van der Waals surface area contributed by atoms with Gasteiger partial charge in [0.05, 0.1) is 11.0 Å². The van der Waals surface area contributed by atoms with Crippen molar-refractivity contribution in [2.75, 3.05) is 5.88 Å². The molecular weight excluding hydrogens is 291 g/mol. The zero-order valence-electron chi connectivity index (χ0n) is 10.9. The van der Waals surface area contributed by atoms with E-state index in [9.17, 15) is 0 Å². The minimum atomic E-state index is 0.568. The average Bonchev–Trinajstić information content (AvgIpc) is 2.78. The average molecular weight is 305 g/mol. The van der Waals surface area contributed by atoms with Gasteiger partial charge in [0.1, 0.15) is 5.82 Å². The molecule has 0 saturated carbocycles. The van der Waals surface area contributed by atoms with Crippen molar-refractivity contribution in [3.05, 3.63) is 64.9 Å². The number of alkyl halides is 1. The van der Waals surface area contributed by atoms with Crippen molar-refractivity contribution in [2.24, 2.45) is 0 Å². The predicted octanol–water partition coefficient (Wildman–Crippen LogP) is 4.52. The van der Waals surface area contributed by atoms with Crippen LogP contribution >= 0.6 is 23.2 Å². The molecule has 20 heavy (non-hydrogen) atoms. The Morgan fingerprint density at radius 1 is 1.05 bits per heavy atom. The smallest absolute Gasteiger partial charge is 0.111 e. The number of aromatic nitrogens is 2. The Morgan fingerprint density at radius 3 is 2.70 bits per heavy atom. The quantitative estimate of drug-likeness (QED) is 0.648. The minimum absolute atomic E-state index is 0.568. The number of para-hydroxylation sites is 2. The molecule has 2 aromatic carbocycles. The number of fused-ring (bicyclic) bond motifs is 1. The summed E-state index contributed by atoms with van der Waals surface area (Å²) < 4.78 is 2.21. The Kier molecular flexibility index (Phi) is 3.95. The molecule has 102 valence electrons. The molecule has 4 heteroatoms. The lowest BCUT2D eigenvalue weighted by Crippen LogP contribution is -2.05. The van der Waals surface area contributed by atoms with Crippen LogP contribution in [0, 0.1) is 0 Å². The summed E-state index contributed by atoms with van der Waals surface area (Å²) in [6.45, 7) is 0.757. The lowest BCUT2D eigenvalue weighted by atomic mass is 10.2. The summed E-state index contributed by atoms with van der Waals surface area (Å²) in [6.07, 6.45) is 0.761. The van der Waals surface area contributed by atoms with Gasteiger partial charge in [-0.25, -0.2) is 4.98 Å². The molecule has 0 saturated heterocycles. The zero-order valence-corrected chi connectivity index (χ0v) is 12.4. The molecule has 3 rings (SSSR count). The molecule has 0 aliphatic rings. The molecule has 0 N–H and O–H groups in total. The third-order valence-corrected chi connectivity index (χ3v) is 3.71. The molecule has 0 aliphatic heterocycles. The second kappa shape index (κ2) is 5.86. The highest BCUT2D eigenvalue weighted by Gasteiger charge is 2.10. The van der Waals surface area contributed by atoms with Crippen molar-refractivity contribution < 1.29 is 0 Å². The van der Waals surface area contributed by atoms with Crippen LogP contribution in [0.1, 0.15) is 11.4 Å². The molecule has 0 radical (unpaired) electrons. The fraction of sp³-hybridized carbons (Fsp3) is 0.188. The first-order valence-corrected chi connectivity index (χ1v) is 7.44. The van der Waals surface area contributed by atoms with Crippen LogP contribution in [0.5, 0.6) is 0 Å². The van der Waals surface area contributed by atoms with Crippen LogP contribution in [-0.4, -0.2) is 15.4 Å². The van der Waals surface area contributed by atoms with Crippen LogP contribution in [-0.2, 0) is 13.0 Å². The van der Waals surface area contributed by atoms with Crippen LogP contribution in [0.2, 0.25) is 5.02 Å². The van der Waals surface area contributed by atoms with E-state index in [0.717, 1.165) is 40.4 Å². The SMILES string of the molecule is ClCCc1nc2ccccc2n1Cc1cccc(Cl)c1. The van der Waals surface area contributed by atoms with Crippen molar-refractivity contribution in [3.63, 3.8) is 0 Å². The van der Waals surface area contributed by atoms with Crippen LogP contribution in [0.25, 0.3) is 11.0 Å². The van der Waals surface area contributed by atoms with Gasteiger partial charge in [0, 0.05) is 23.9 Å². The summed E-state index contributed by atoms with van der Waals surface area (Å²) in [5.41, 5.74) is 3.30. The van der Waals surface area contributed by atoms with Crippen molar-refractivity contribution in [1.82, 2.24) is 9.55 Å². The van der Waals surface area contributed by atoms with E-state index in [0.29, 0.717) is 5.88 Å². The molecule has 3 aromatic rings. The first-order valence-electron chi connectivity index (χ1n) is 6.52. The van der Waals surface area contributed by atoms with E-state index >= 15 is 0 Å². The Morgan fingerprint density at radius 2 is 1.90 bits per heavy atom. The second-order valence-corrected chi connectivity index (χ2v) is 5.49. The molecule has 0 atom stereocenters. The van der Waals surface area contributed by atoms with Gasteiger partial charge in [0.2, 0.25) is 0 Å². The maximum Gasteiger partial charge on any atom is 0.111 e. The lowest BCUT2D eigenvalue weighted by molar-refractivity contribution is 0.755. The topological polar surface area (TPSA) is 17.8 Å². The molecule has 0 bridgehead atoms. The van der Waals surface area contributed by atoms with Crippen LogP contribution in [0.15, 0.2) is 48.5 Å². The largest absolute Gasteiger partial charge is 0.323 e. The number of hydrogen-bond donors (Lipinski definition) is 0. The van der Waals surface area contributed by atoms with Crippen molar-refractivity contribution in [3.8, 4) is 0 Å². The zero-order chi connectivity index (χ0) is 13.9. The van der Waals surface area contributed by atoms with Crippen LogP contribution in [0.3, 0.4) is 0 Å². The Bertz CT molecular complexity index is 734. The second-order valence-electron chi connectivity index (χ2n) is 4.67. The fourth-order valence-corrected chi connectivity index (χ4v) is 2.78. The van der Waals surface area contributed by atoms with Gasteiger partial charge in [0.15, 0.2) is 0 Å². The summed E-state index contributed by atoms with van der Waals surface area (Å²) in [4.78, 5) is 4.67. The molecule has 2 nitrogen and oxygen atoms in total. The number of halogens is 2. The summed E-state index contributed by atoms with van der Waals surface area (Å²) in [5, 5.41) is 0.755. The summed E-state index contributed by atoms with van der Waals surface area (Å²) in [6, 6.07) is 16.1. The first kappa shape index (κ1) is 13.5. The molecule has 0 unspecified atom stereocenters. The summed E-state index contributed by atoms with van der Waals surface area (Å²) in [5.74, 6) is 1.58. The molecule has 0 fully saturated rings. The van der Waals surface area contributed by atoms with Gasteiger partial charge >= 0.3 is 0 Å². The maximum absolute atomic E-state index is 6.06. The van der Waals surface area contributed by atoms with Crippen LogP contribution < -0.4 is 0 Å². The van der Waals surface area contributed by atoms with E-state index in [2.05, 4.69) is 21.7 Å². The van der Waals surface area contributed by atoms with E-state index in [4.69, 9.17) is 23.2 Å². The van der Waals surface area contributed by atoms with E-state index in [1.807, 2.05) is 36.4 Å². The Labute approximate surface area is 128 Å². The molecule has 1 aromatic heterocycles. The number of imidazole rings is 1. The normalized spacial score (nSPS) is 11.1. The number of rotatable bonds is 4. The molecule has 0 spiro atoms. The number of hydrogen-bond acceptors (Lipinski definition) is 1. The number of benzene rings is 2. The molecule has 0 amide bonds. The van der Waals surface area contributed by atoms with Gasteiger partial charge in [-0.1, -0.05) is 35.9 Å². The maximum atomic E-state index is 6.06. The molecular formula is C16H14Cl2N2. The van der Waals surface area contributed by atoms with Crippen molar-refractivity contribution in [2.45, 2.75) is 13.0 Å². The van der Waals surface area contributed by atoms with Gasteiger partial charge in [-0.3, -0.25) is 0 Å². The van der Waals surface area contributed by atoms with E-state index in [-0.39, 0.29) is 0 Å². The summed E-state index contributed by atoms with van der Waals surface area (Å²) in [7, 11) is 0. The number of aryl methyl sites for hydroxylation is 1. The third-order valence-electron chi connectivity index (χ3n) is 3.28.